The van der Waals surface area contributed by atoms with Crippen LogP contribution in [0.1, 0.15) is 5.56 Å². The van der Waals surface area contributed by atoms with Gasteiger partial charge in [-0.2, -0.15) is 5.26 Å². The molecule has 0 bridgehead atoms. The van der Waals surface area contributed by atoms with Crippen LogP contribution in [0.2, 0.25) is 0 Å². The molecule has 0 aliphatic heterocycles. The molecule has 0 aliphatic carbocycles. The molecular formula is C33H18N4S2. The molecule has 182 valence electrons. The van der Waals surface area contributed by atoms with E-state index in [1.165, 1.54) is 9.40 Å². The van der Waals surface area contributed by atoms with Gasteiger partial charge in [0.2, 0.25) is 0 Å². The number of fused-ring (bicyclic) bond motifs is 5. The summed E-state index contributed by atoms with van der Waals surface area (Å²) in [5.41, 5.74) is 8.02. The first-order valence-corrected chi connectivity index (χ1v) is 14.2. The third-order valence-electron chi connectivity index (χ3n) is 7.08. The molecule has 0 N–H and O–H groups in total. The van der Waals surface area contributed by atoms with E-state index in [1.807, 2.05) is 30.3 Å². The molecule has 6 heteroatoms. The van der Waals surface area contributed by atoms with Gasteiger partial charge in [0.15, 0.2) is 0 Å². The smallest absolute Gasteiger partial charge is 0.124 e. The molecule has 3 heterocycles. The van der Waals surface area contributed by atoms with Gasteiger partial charge in [-0.05, 0) is 78.9 Å². The zero-order valence-corrected chi connectivity index (χ0v) is 22.1. The highest BCUT2D eigenvalue weighted by atomic mass is 32.1. The van der Waals surface area contributed by atoms with Crippen LogP contribution in [0, 0.1) is 11.3 Å². The molecule has 4 nitrogen and oxygen atoms in total. The van der Waals surface area contributed by atoms with E-state index in [9.17, 15) is 5.26 Å². The van der Waals surface area contributed by atoms with Gasteiger partial charge in [-0.15, -0.1) is 22.7 Å². The maximum Gasteiger partial charge on any atom is 0.124 e. The summed E-state index contributed by atoms with van der Waals surface area (Å²) in [5, 5.41) is 13.9. The van der Waals surface area contributed by atoms with E-state index in [0.29, 0.717) is 5.56 Å². The van der Waals surface area contributed by atoms with Gasteiger partial charge in [0.25, 0.3) is 0 Å². The van der Waals surface area contributed by atoms with Crippen LogP contribution in [-0.4, -0.2) is 14.5 Å². The number of thiazole rings is 2. The summed E-state index contributed by atoms with van der Waals surface area (Å²) in [5.74, 6) is 0. The number of benzene rings is 5. The second-order valence-electron chi connectivity index (χ2n) is 9.43. The lowest BCUT2D eigenvalue weighted by atomic mass is 10.1. The minimum absolute atomic E-state index is 0.639. The maximum atomic E-state index is 9.56. The molecule has 39 heavy (non-hydrogen) atoms. The Bertz CT molecular complexity index is 2060. The van der Waals surface area contributed by atoms with E-state index in [1.54, 1.807) is 22.7 Å². The van der Waals surface area contributed by atoms with Crippen LogP contribution in [0.5, 0.6) is 0 Å². The monoisotopic (exact) mass is 534 g/mol. The van der Waals surface area contributed by atoms with Crippen LogP contribution >= 0.6 is 22.7 Å². The van der Waals surface area contributed by atoms with Gasteiger partial charge in [0, 0.05) is 27.6 Å². The zero-order valence-electron chi connectivity index (χ0n) is 20.5. The molecule has 8 rings (SSSR count). The van der Waals surface area contributed by atoms with Crippen LogP contribution in [0.3, 0.4) is 0 Å². The van der Waals surface area contributed by atoms with Crippen molar-refractivity contribution < 1.29 is 0 Å². The molecule has 0 radical (unpaired) electrons. The Hall–Kier alpha value is -4.83. The zero-order chi connectivity index (χ0) is 25.9. The van der Waals surface area contributed by atoms with Gasteiger partial charge in [-0.1, -0.05) is 30.3 Å². The van der Waals surface area contributed by atoms with Crippen LogP contribution in [0.25, 0.3) is 69.1 Å². The minimum Gasteiger partial charge on any atom is -0.309 e. The van der Waals surface area contributed by atoms with Gasteiger partial charge >= 0.3 is 0 Å². The maximum absolute atomic E-state index is 9.56. The summed E-state index contributed by atoms with van der Waals surface area (Å²) in [6, 6.07) is 39.8. The van der Waals surface area contributed by atoms with Gasteiger partial charge in [0.1, 0.15) is 10.0 Å². The molecule has 0 amide bonds. The summed E-state index contributed by atoms with van der Waals surface area (Å²) in [4.78, 5) is 9.83. The van der Waals surface area contributed by atoms with E-state index >= 15 is 0 Å². The molecule has 8 aromatic rings. The standard InChI is InChI=1S/C33H18N4S2/c34-19-20-6-5-7-23(16-20)37-28-14-12-21(32-35-26-8-1-3-10-30(26)38-32)17-24(28)25-18-22(13-15-29(25)37)33-36-27-9-2-4-11-31(27)39-33/h1-18H. The molecule has 0 saturated carbocycles. The number of aromatic nitrogens is 3. The predicted molar refractivity (Wildman–Crippen MR) is 163 cm³/mol. The predicted octanol–water partition coefficient (Wildman–Crippen LogP) is 9.21. The molecular weight excluding hydrogens is 517 g/mol. The minimum atomic E-state index is 0.639. The number of nitriles is 1. The Morgan fingerprint density at radius 2 is 1.15 bits per heavy atom. The Morgan fingerprint density at radius 1 is 0.590 bits per heavy atom. The number of hydrogen-bond donors (Lipinski definition) is 0. The van der Waals surface area contributed by atoms with Crippen molar-refractivity contribution in [3.05, 3.63) is 115 Å². The van der Waals surface area contributed by atoms with Gasteiger partial charge in [-0.3, -0.25) is 0 Å². The number of nitrogens with zero attached hydrogens (tertiary/aromatic N) is 4. The Labute approximate surface area is 231 Å². The lowest BCUT2D eigenvalue weighted by Crippen LogP contribution is -1.94. The molecule has 0 spiro atoms. The average molecular weight is 535 g/mol. The molecule has 0 unspecified atom stereocenters. The first-order valence-electron chi connectivity index (χ1n) is 12.6. The van der Waals surface area contributed by atoms with Crippen LogP contribution in [-0.2, 0) is 0 Å². The lowest BCUT2D eigenvalue weighted by molar-refractivity contribution is 1.18. The van der Waals surface area contributed by atoms with Gasteiger partial charge in [0.05, 0.1) is 43.1 Å². The van der Waals surface area contributed by atoms with Crippen molar-refractivity contribution in [3.63, 3.8) is 0 Å². The number of para-hydroxylation sites is 2. The molecule has 3 aromatic heterocycles. The van der Waals surface area contributed by atoms with Crippen LogP contribution in [0.4, 0.5) is 0 Å². The Balaban J connectivity index is 1.40. The fraction of sp³-hybridized carbons (Fsp3) is 0. The first-order chi connectivity index (χ1) is 19.2. The molecule has 5 aromatic carbocycles. The average Bonchev–Trinajstić information content (AvgIpc) is 3.70. The largest absolute Gasteiger partial charge is 0.309 e. The van der Waals surface area contributed by atoms with Crippen molar-refractivity contribution in [3.8, 4) is 32.9 Å². The van der Waals surface area contributed by atoms with Crippen molar-refractivity contribution in [1.29, 1.82) is 5.26 Å². The third-order valence-corrected chi connectivity index (χ3v) is 9.25. The van der Waals surface area contributed by atoms with Crippen LogP contribution < -0.4 is 0 Å². The highest BCUT2D eigenvalue weighted by Crippen LogP contribution is 2.39. The molecule has 0 aliphatic rings. The topological polar surface area (TPSA) is 54.5 Å². The summed E-state index contributed by atoms with van der Waals surface area (Å²) < 4.78 is 4.61. The van der Waals surface area contributed by atoms with Crippen molar-refractivity contribution in [2.75, 3.05) is 0 Å². The van der Waals surface area contributed by atoms with Crippen molar-refractivity contribution >= 4 is 64.9 Å². The van der Waals surface area contributed by atoms with Crippen molar-refractivity contribution in [2.45, 2.75) is 0 Å². The second kappa shape index (κ2) is 8.60. The van der Waals surface area contributed by atoms with Crippen LogP contribution in [0.15, 0.2) is 109 Å². The summed E-state index contributed by atoms with van der Waals surface area (Å²) in [7, 11) is 0. The summed E-state index contributed by atoms with van der Waals surface area (Å²) in [6.45, 7) is 0. The van der Waals surface area contributed by atoms with Gasteiger partial charge in [-0.25, -0.2) is 9.97 Å². The summed E-state index contributed by atoms with van der Waals surface area (Å²) in [6.07, 6.45) is 0. The summed E-state index contributed by atoms with van der Waals surface area (Å²) >= 11 is 3.43. The normalized spacial score (nSPS) is 11.6. The second-order valence-corrected chi connectivity index (χ2v) is 11.5. The van der Waals surface area contributed by atoms with E-state index in [4.69, 9.17) is 9.97 Å². The van der Waals surface area contributed by atoms with Gasteiger partial charge < -0.3 is 4.57 Å². The van der Waals surface area contributed by atoms with E-state index in [-0.39, 0.29) is 0 Å². The SMILES string of the molecule is N#Cc1cccc(-n2c3ccc(-c4nc5ccccc5s4)cc3c3cc(-c4nc5ccccc5s4)ccc32)c1. The van der Waals surface area contributed by atoms with Crippen molar-refractivity contribution in [2.24, 2.45) is 0 Å². The van der Waals surface area contributed by atoms with E-state index in [2.05, 4.69) is 89.5 Å². The van der Waals surface area contributed by atoms with E-state index in [0.717, 1.165) is 59.7 Å². The molecule has 0 fully saturated rings. The quantitative estimate of drug-likeness (QED) is 0.227. The Kier molecular flexibility index (Phi) is 4.89. The molecule has 0 atom stereocenters. The Morgan fingerprint density at radius 3 is 1.69 bits per heavy atom. The highest BCUT2D eigenvalue weighted by Gasteiger charge is 2.17. The number of rotatable bonds is 3. The highest BCUT2D eigenvalue weighted by molar-refractivity contribution is 7.22. The third kappa shape index (κ3) is 3.56. The fourth-order valence-electron chi connectivity index (χ4n) is 5.27. The van der Waals surface area contributed by atoms with Crippen molar-refractivity contribution in [1.82, 2.24) is 14.5 Å². The first kappa shape index (κ1) is 22.2. The number of hydrogen-bond acceptors (Lipinski definition) is 5. The fourth-order valence-corrected chi connectivity index (χ4v) is 7.20. The lowest BCUT2D eigenvalue weighted by Gasteiger charge is -2.08. The molecule has 0 saturated heterocycles. The van der Waals surface area contributed by atoms with E-state index < -0.39 is 0 Å².